The molecule has 2 heterocycles. The quantitative estimate of drug-likeness (QED) is 0.561. The van der Waals surface area contributed by atoms with E-state index in [0.717, 1.165) is 0 Å². The van der Waals surface area contributed by atoms with Gasteiger partial charge in [-0.15, -0.1) is 15.0 Å². The lowest BCUT2D eigenvalue weighted by atomic mass is 10.5. The van der Waals surface area contributed by atoms with Crippen LogP contribution in [0.5, 0.6) is 0 Å². The molecule has 53 valence electrons. The van der Waals surface area contributed by atoms with Gasteiger partial charge in [-0.2, -0.15) is 0 Å². The summed E-state index contributed by atoms with van der Waals surface area (Å²) in [5.74, 6) is 0.616. The van der Waals surface area contributed by atoms with Crippen LogP contribution in [0.2, 0.25) is 0 Å². The summed E-state index contributed by atoms with van der Waals surface area (Å²) < 4.78 is 0. The molecule has 1 radical (unpaired) electrons. The summed E-state index contributed by atoms with van der Waals surface area (Å²) in [5, 5.41) is 11.0. The van der Waals surface area contributed by atoms with Crippen molar-refractivity contribution in [3.05, 3.63) is 30.7 Å². The molecular formula is C6H4N5. The Bertz CT molecular complexity index is 314. The fourth-order valence-electron chi connectivity index (χ4n) is 0.698. The van der Waals surface area contributed by atoms with E-state index < -0.39 is 0 Å². The van der Waals surface area contributed by atoms with E-state index in [2.05, 4.69) is 26.5 Å². The maximum absolute atomic E-state index is 3.99. The normalized spacial score (nSPS) is 9.82. The molecule has 0 aliphatic carbocycles. The van der Waals surface area contributed by atoms with Crippen molar-refractivity contribution in [3.8, 4) is 5.82 Å². The largest absolute Gasteiger partial charge is 0.236 e. The van der Waals surface area contributed by atoms with E-state index in [0.29, 0.717) is 5.82 Å². The first-order valence-electron chi connectivity index (χ1n) is 3.02. The molecule has 2 aromatic heterocycles. The molecule has 0 amide bonds. The Hall–Kier alpha value is -1.78. The average Bonchev–Trinajstić information content (AvgIpc) is 2.58. The fourth-order valence-corrected chi connectivity index (χ4v) is 0.698. The van der Waals surface area contributed by atoms with Crippen LogP contribution in [-0.2, 0) is 0 Å². The van der Waals surface area contributed by atoms with Gasteiger partial charge in [-0.1, -0.05) is 0 Å². The van der Waals surface area contributed by atoms with Crippen molar-refractivity contribution < 1.29 is 0 Å². The Morgan fingerprint density at radius 1 is 1.45 bits per heavy atom. The van der Waals surface area contributed by atoms with E-state index in [1.54, 1.807) is 18.3 Å². The van der Waals surface area contributed by atoms with Crippen LogP contribution in [0.1, 0.15) is 0 Å². The van der Waals surface area contributed by atoms with E-state index in [-0.39, 0.29) is 0 Å². The first kappa shape index (κ1) is 5.96. The van der Waals surface area contributed by atoms with Crippen LogP contribution in [0.4, 0.5) is 0 Å². The minimum atomic E-state index is 0.616. The van der Waals surface area contributed by atoms with Gasteiger partial charge in [0.25, 0.3) is 0 Å². The van der Waals surface area contributed by atoms with E-state index >= 15 is 0 Å². The lowest BCUT2D eigenvalue weighted by Gasteiger charge is -1.92. The summed E-state index contributed by atoms with van der Waals surface area (Å²) in [7, 11) is 0. The molecule has 0 aliphatic rings. The van der Waals surface area contributed by atoms with Crippen LogP contribution in [-0.4, -0.2) is 25.2 Å². The van der Waals surface area contributed by atoms with Crippen molar-refractivity contribution in [2.24, 2.45) is 0 Å². The van der Waals surface area contributed by atoms with Gasteiger partial charge >= 0.3 is 0 Å². The molecule has 0 atom stereocenters. The molecule has 0 bridgehead atoms. The summed E-state index contributed by atoms with van der Waals surface area (Å²) >= 11 is 0. The molecule has 0 saturated heterocycles. The number of tetrazole rings is 1. The molecule has 0 unspecified atom stereocenters. The molecule has 0 aliphatic heterocycles. The Morgan fingerprint density at radius 2 is 2.45 bits per heavy atom. The Labute approximate surface area is 62.7 Å². The van der Waals surface area contributed by atoms with Gasteiger partial charge in [0.2, 0.25) is 0 Å². The minimum Gasteiger partial charge on any atom is -0.236 e. The molecule has 2 aromatic rings. The SMILES string of the molecule is [c]1ccnc(-n2ncnn2)c1. The van der Waals surface area contributed by atoms with Crippen LogP contribution >= 0.6 is 0 Å². The summed E-state index contributed by atoms with van der Waals surface area (Å²) in [4.78, 5) is 5.32. The van der Waals surface area contributed by atoms with Gasteiger partial charge in [-0.3, -0.25) is 0 Å². The van der Waals surface area contributed by atoms with Crippen LogP contribution in [0, 0.1) is 6.07 Å². The zero-order valence-corrected chi connectivity index (χ0v) is 5.55. The first-order chi connectivity index (χ1) is 5.47. The number of rotatable bonds is 1. The zero-order chi connectivity index (χ0) is 7.52. The molecule has 11 heavy (non-hydrogen) atoms. The third-order valence-corrected chi connectivity index (χ3v) is 1.14. The topological polar surface area (TPSA) is 56.5 Å². The van der Waals surface area contributed by atoms with Gasteiger partial charge in [0.05, 0.1) is 0 Å². The predicted octanol–water partition coefficient (Wildman–Crippen LogP) is -0.143. The van der Waals surface area contributed by atoms with Crippen molar-refractivity contribution in [2.45, 2.75) is 0 Å². The highest BCUT2D eigenvalue weighted by molar-refractivity contribution is 5.15. The molecule has 2 rings (SSSR count). The standard InChI is InChI=1S/C6H4N5/c1-2-4-7-6(3-1)11-9-5-8-10-11/h2-5H. The van der Waals surface area contributed by atoms with Crippen LogP contribution in [0.3, 0.4) is 0 Å². The summed E-state index contributed by atoms with van der Waals surface area (Å²) in [6.07, 6.45) is 2.98. The molecular weight excluding hydrogens is 142 g/mol. The van der Waals surface area contributed by atoms with Crippen molar-refractivity contribution >= 4 is 0 Å². The van der Waals surface area contributed by atoms with Crippen molar-refractivity contribution in [1.82, 2.24) is 25.2 Å². The maximum atomic E-state index is 3.99. The maximum Gasteiger partial charge on any atom is 0.176 e. The van der Waals surface area contributed by atoms with E-state index in [9.17, 15) is 0 Å². The number of hydrogen-bond donors (Lipinski definition) is 0. The Balaban J connectivity index is 2.46. The second kappa shape index (κ2) is 2.45. The molecule has 5 heteroatoms. The third kappa shape index (κ3) is 1.07. The first-order valence-corrected chi connectivity index (χ1v) is 3.02. The fraction of sp³-hybridized carbons (Fsp3) is 0. The average molecular weight is 146 g/mol. The number of hydrogen-bond acceptors (Lipinski definition) is 4. The summed E-state index contributed by atoms with van der Waals surface area (Å²) in [6, 6.07) is 6.25. The van der Waals surface area contributed by atoms with Crippen molar-refractivity contribution in [1.29, 1.82) is 0 Å². The monoisotopic (exact) mass is 146 g/mol. The molecule has 0 N–H and O–H groups in total. The highest BCUT2D eigenvalue weighted by Gasteiger charge is 1.95. The van der Waals surface area contributed by atoms with Crippen molar-refractivity contribution in [2.75, 3.05) is 0 Å². The highest BCUT2D eigenvalue weighted by atomic mass is 15.6. The Kier molecular flexibility index (Phi) is 1.33. The molecule has 5 nitrogen and oxygen atoms in total. The summed E-state index contributed by atoms with van der Waals surface area (Å²) in [5.41, 5.74) is 0. The number of pyridine rings is 1. The lowest BCUT2D eigenvalue weighted by molar-refractivity contribution is 0.700. The van der Waals surface area contributed by atoms with Gasteiger partial charge < -0.3 is 0 Å². The van der Waals surface area contributed by atoms with Crippen LogP contribution < -0.4 is 0 Å². The van der Waals surface area contributed by atoms with Gasteiger partial charge in [0, 0.05) is 6.20 Å². The van der Waals surface area contributed by atoms with Gasteiger partial charge in [-0.25, -0.2) is 4.98 Å². The lowest BCUT2D eigenvalue weighted by Crippen LogP contribution is -2.00. The minimum absolute atomic E-state index is 0.616. The van der Waals surface area contributed by atoms with E-state index in [1.807, 2.05) is 0 Å². The van der Waals surface area contributed by atoms with Crippen molar-refractivity contribution in [3.63, 3.8) is 0 Å². The van der Waals surface area contributed by atoms with E-state index in [1.165, 1.54) is 11.1 Å². The zero-order valence-electron chi connectivity index (χ0n) is 5.55. The second-order valence-corrected chi connectivity index (χ2v) is 1.84. The van der Waals surface area contributed by atoms with Gasteiger partial charge in [-0.05, 0) is 23.4 Å². The highest BCUT2D eigenvalue weighted by Crippen LogP contribution is 1.94. The van der Waals surface area contributed by atoms with Gasteiger partial charge in [0.1, 0.15) is 0 Å². The molecule has 0 saturated carbocycles. The number of nitrogens with zero attached hydrogens (tertiary/aromatic N) is 5. The Morgan fingerprint density at radius 3 is 3.09 bits per heavy atom. The molecule has 0 fully saturated rings. The van der Waals surface area contributed by atoms with Crippen LogP contribution in [0.25, 0.3) is 5.82 Å². The molecule has 0 spiro atoms. The second-order valence-electron chi connectivity index (χ2n) is 1.84. The smallest absolute Gasteiger partial charge is 0.176 e. The van der Waals surface area contributed by atoms with E-state index in [4.69, 9.17) is 0 Å². The third-order valence-electron chi connectivity index (χ3n) is 1.14. The predicted molar refractivity (Wildman–Crippen MR) is 35.8 cm³/mol. The van der Waals surface area contributed by atoms with Gasteiger partial charge in [0.15, 0.2) is 12.1 Å². The van der Waals surface area contributed by atoms with Crippen LogP contribution in [0.15, 0.2) is 24.7 Å². The number of aromatic nitrogens is 5. The summed E-state index contributed by atoms with van der Waals surface area (Å²) in [6.45, 7) is 0. The molecule has 0 aromatic carbocycles.